The number of pyridine rings is 1. The van der Waals surface area contributed by atoms with Gasteiger partial charge in [-0.15, -0.1) is 0 Å². The van der Waals surface area contributed by atoms with Crippen LogP contribution in [0.5, 0.6) is 5.75 Å². The number of carbonyl (C=O) groups excluding carboxylic acids is 1. The number of nitrogens with zero attached hydrogens (tertiary/aromatic N) is 1. The van der Waals surface area contributed by atoms with Gasteiger partial charge >= 0.3 is 0 Å². The number of nitrogens with one attached hydrogen (secondary N) is 2. The maximum atomic E-state index is 12.6. The van der Waals surface area contributed by atoms with Crippen molar-refractivity contribution in [3.8, 4) is 5.75 Å². The van der Waals surface area contributed by atoms with E-state index in [4.69, 9.17) is 4.74 Å². The number of hydrogen-bond acceptors (Lipinski definition) is 5. The van der Waals surface area contributed by atoms with Crippen molar-refractivity contribution in [3.63, 3.8) is 0 Å². The van der Waals surface area contributed by atoms with Crippen molar-refractivity contribution in [2.75, 3.05) is 11.3 Å². The number of benzene rings is 2. The second kappa shape index (κ2) is 9.41. The lowest BCUT2D eigenvalue weighted by atomic mass is 10.1. The van der Waals surface area contributed by atoms with Crippen LogP contribution in [0.3, 0.4) is 0 Å². The minimum absolute atomic E-state index is 0.105. The number of anilines is 1. The molecule has 30 heavy (non-hydrogen) atoms. The molecule has 8 heteroatoms. The quantitative estimate of drug-likeness (QED) is 0.578. The van der Waals surface area contributed by atoms with Crippen LogP contribution in [0.15, 0.2) is 71.8 Å². The van der Waals surface area contributed by atoms with Crippen LogP contribution in [0, 0.1) is 13.8 Å². The van der Waals surface area contributed by atoms with Gasteiger partial charge in [-0.05, 0) is 73.5 Å². The molecular formula is C22H23N3O4S. The van der Waals surface area contributed by atoms with Gasteiger partial charge in [0.1, 0.15) is 5.75 Å². The first-order chi connectivity index (χ1) is 14.3. The van der Waals surface area contributed by atoms with Crippen molar-refractivity contribution in [2.45, 2.75) is 25.3 Å². The van der Waals surface area contributed by atoms with E-state index in [9.17, 15) is 13.2 Å². The predicted molar refractivity (Wildman–Crippen MR) is 115 cm³/mol. The van der Waals surface area contributed by atoms with Crippen molar-refractivity contribution in [2.24, 2.45) is 0 Å². The van der Waals surface area contributed by atoms with E-state index in [0.29, 0.717) is 18.0 Å². The molecule has 7 nitrogen and oxygen atoms in total. The van der Waals surface area contributed by atoms with Crippen LogP contribution in [0.2, 0.25) is 0 Å². The minimum Gasteiger partial charge on any atom is -0.484 e. The standard InChI is InChI=1S/C22H23N3O4S/c1-16-11-17(2)13-19(12-16)25-30(27,28)21-8-6-20(7-9-21)29-15-22(26)24-14-18-5-3-4-10-23-18/h3-13,25H,14-15H2,1-2H3,(H,24,26). The minimum atomic E-state index is -3.73. The van der Waals surface area contributed by atoms with E-state index in [-0.39, 0.29) is 17.4 Å². The molecule has 1 aromatic heterocycles. The highest BCUT2D eigenvalue weighted by atomic mass is 32.2. The Morgan fingerprint density at radius 1 is 1.00 bits per heavy atom. The first-order valence-electron chi connectivity index (χ1n) is 9.32. The van der Waals surface area contributed by atoms with E-state index in [0.717, 1.165) is 16.8 Å². The molecule has 1 amide bonds. The summed E-state index contributed by atoms with van der Waals surface area (Å²) in [6.45, 7) is 3.94. The fraction of sp³-hybridized carbons (Fsp3) is 0.182. The number of aryl methyl sites for hydroxylation is 2. The first-order valence-corrected chi connectivity index (χ1v) is 10.8. The zero-order valence-corrected chi connectivity index (χ0v) is 17.6. The molecule has 0 spiro atoms. The summed E-state index contributed by atoms with van der Waals surface area (Å²) in [4.78, 5) is 16.1. The number of aromatic nitrogens is 1. The van der Waals surface area contributed by atoms with Gasteiger partial charge in [0.2, 0.25) is 0 Å². The normalized spacial score (nSPS) is 11.0. The summed E-state index contributed by atoms with van der Waals surface area (Å²) in [5, 5.41) is 2.71. The number of hydrogen-bond donors (Lipinski definition) is 2. The molecule has 2 aromatic carbocycles. The summed E-state index contributed by atoms with van der Waals surface area (Å²) in [6.07, 6.45) is 1.66. The molecule has 0 atom stereocenters. The second-order valence-electron chi connectivity index (χ2n) is 6.84. The van der Waals surface area contributed by atoms with Gasteiger partial charge in [-0.25, -0.2) is 8.42 Å². The van der Waals surface area contributed by atoms with Crippen LogP contribution < -0.4 is 14.8 Å². The van der Waals surface area contributed by atoms with Gasteiger partial charge in [-0.2, -0.15) is 0 Å². The Bertz CT molecular complexity index is 1090. The molecule has 0 aliphatic rings. The molecule has 3 rings (SSSR count). The van der Waals surface area contributed by atoms with Crippen molar-refractivity contribution in [3.05, 3.63) is 83.7 Å². The Kier molecular flexibility index (Phi) is 6.68. The number of ether oxygens (including phenoxy) is 1. The van der Waals surface area contributed by atoms with Crippen LogP contribution in [-0.4, -0.2) is 25.9 Å². The van der Waals surface area contributed by atoms with Crippen LogP contribution >= 0.6 is 0 Å². The van der Waals surface area contributed by atoms with E-state index < -0.39 is 10.0 Å². The molecule has 0 aliphatic heterocycles. The predicted octanol–water partition coefficient (Wildman–Crippen LogP) is 3.19. The van der Waals surface area contributed by atoms with Gasteiger partial charge in [-0.1, -0.05) is 12.1 Å². The summed E-state index contributed by atoms with van der Waals surface area (Å²) in [5.41, 5.74) is 3.20. The number of rotatable bonds is 8. The molecule has 0 saturated carbocycles. The molecule has 3 aromatic rings. The number of amides is 1. The average Bonchev–Trinajstić information content (AvgIpc) is 2.70. The SMILES string of the molecule is Cc1cc(C)cc(NS(=O)(=O)c2ccc(OCC(=O)NCc3ccccn3)cc2)c1. The maximum absolute atomic E-state index is 12.6. The Hall–Kier alpha value is -3.39. The van der Waals surface area contributed by atoms with Gasteiger partial charge < -0.3 is 10.1 Å². The third-order valence-corrected chi connectivity index (χ3v) is 5.57. The van der Waals surface area contributed by atoms with E-state index in [2.05, 4.69) is 15.0 Å². The molecule has 0 aliphatic carbocycles. The maximum Gasteiger partial charge on any atom is 0.261 e. The van der Waals surface area contributed by atoms with Crippen molar-refractivity contribution >= 4 is 21.6 Å². The lowest BCUT2D eigenvalue weighted by molar-refractivity contribution is -0.123. The topological polar surface area (TPSA) is 97.4 Å². The zero-order chi connectivity index (χ0) is 21.6. The molecule has 2 N–H and O–H groups in total. The van der Waals surface area contributed by atoms with Crippen molar-refractivity contribution in [1.29, 1.82) is 0 Å². The largest absolute Gasteiger partial charge is 0.484 e. The average molecular weight is 426 g/mol. The van der Waals surface area contributed by atoms with Gasteiger partial charge in [0.05, 0.1) is 17.1 Å². The van der Waals surface area contributed by atoms with Crippen LogP contribution in [0.25, 0.3) is 0 Å². The van der Waals surface area contributed by atoms with Crippen molar-refractivity contribution < 1.29 is 17.9 Å². The Balaban J connectivity index is 1.55. The highest BCUT2D eigenvalue weighted by molar-refractivity contribution is 7.92. The van der Waals surface area contributed by atoms with Gasteiger partial charge in [0.25, 0.3) is 15.9 Å². The van der Waals surface area contributed by atoms with Crippen LogP contribution in [0.4, 0.5) is 5.69 Å². The molecule has 1 heterocycles. The van der Waals surface area contributed by atoms with E-state index in [1.807, 2.05) is 32.0 Å². The summed E-state index contributed by atoms with van der Waals surface area (Å²) < 4.78 is 33.2. The highest BCUT2D eigenvalue weighted by Crippen LogP contribution is 2.21. The zero-order valence-electron chi connectivity index (χ0n) is 16.8. The van der Waals surface area contributed by atoms with E-state index >= 15 is 0 Å². The first kappa shape index (κ1) is 21.3. The van der Waals surface area contributed by atoms with Gasteiger partial charge in [0, 0.05) is 11.9 Å². The lowest BCUT2D eigenvalue weighted by Gasteiger charge is -2.11. The van der Waals surface area contributed by atoms with Crippen LogP contribution in [0.1, 0.15) is 16.8 Å². The molecule has 0 bridgehead atoms. The number of carbonyl (C=O) groups is 1. The van der Waals surface area contributed by atoms with Gasteiger partial charge in [0.15, 0.2) is 6.61 Å². The fourth-order valence-corrected chi connectivity index (χ4v) is 3.89. The highest BCUT2D eigenvalue weighted by Gasteiger charge is 2.15. The van der Waals surface area contributed by atoms with E-state index in [1.165, 1.54) is 24.3 Å². The summed E-state index contributed by atoms with van der Waals surface area (Å²) in [7, 11) is -3.73. The fourth-order valence-electron chi connectivity index (χ4n) is 2.85. The molecule has 0 unspecified atom stereocenters. The molecular weight excluding hydrogens is 402 g/mol. The monoisotopic (exact) mass is 425 g/mol. The number of sulfonamides is 1. The van der Waals surface area contributed by atoms with E-state index in [1.54, 1.807) is 24.4 Å². The Labute approximate surface area is 176 Å². The summed E-state index contributed by atoms with van der Waals surface area (Å²) in [5.74, 6) is 0.0992. The van der Waals surface area contributed by atoms with Gasteiger partial charge in [-0.3, -0.25) is 14.5 Å². The third kappa shape index (κ3) is 6.05. The molecule has 0 radical (unpaired) electrons. The molecule has 156 valence electrons. The van der Waals surface area contributed by atoms with Crippen LogP contribution in [-0.2, 0) is 21.4 Å². The van der Waals surface area contributed by atoms with Crippen molar-refractivity contribution in [1.82, 2.24) is 10.3 Å². The lowest BCUT2D eigenvalue weighted by Crippen LogP contribution is -2.28. The third-order valence-electron chi connectivity index (χ3n) is 4.17. The second-order valence-corrected chi connectivity index (χ2v) is 8.52. The molecule has 0 saturated heterocycles. The smallest absolute Gasteiger partial charge is 0.261 e. The Morgan fingerprint density at radius 2 is 1.70 bits per heavy atom. The summed E-state index contributed by atoms with van der Waals surface area (Å²) in [6, 6.07) is 16.9. The molecule has 0 fully saturated rings. The Morgan fingerprint density at radius 3 is 2.33 bits per heavy atom. The summed E-state index contributed by atoms with van der Waals surface area (Å²) >= 11 is 0.